The van der Waals surface area contributed by atoms with Crippen molar-refractivity contribution in [1.82, 2.24) is 0 Å². The molecular weight excluding hydrogens is 215 g/mol. The summed E-state index contributed by atoms with van der Waals surface area (Å²) in [6, 6.07) is 0. The van der Waals surface area contributed by atoms with Gasteiger partial charge in [0.15, 0.2) is 0 Å². The zero-order valence-electron chi connectivity index (χ0n) is 7.04. The smallest absolute Gasteiger partial charge is 0.133 e. The van der Waals surface area contributed by atoms with Crippen LogP contribution in [0.15, 0.2) is 0 Å². The maximum atomic E-state index is 10.3. The fraction of sp³-hybridized carbons (Fsp3) is 0.667. The number of carbonyl (C=O) groups excluding carboxylic acids is 2. The topological polar surface area (TPSA) is 141 Å². The lowest BCUT2D eigenvalue weighted by atomic mass is 10.1. The molecular formula is C6H8O7P-3. The van der Waals surface area contributed by atoms with Crippen molar-refractivity contribution in [3.8, 4) is 0 Å². The average molecular weight is 223 g/mol. The number of rotatable bonds is 6. The van der Waals surface area contributed by atoms with Crippen molar-refractivity contribution in [2.75, 3.05) is 6.16 Å². The average Bonchev–Trinajstić information content (AvgIpc) is 1.94. The Hall–Kier alpha value is -0.910. The van der Waals surface area contributed by atoms with Crippen molar-refractivity contribution in [2.24, 2.45) is 5.92 Å². The van der Waals surface area contributed by atoms with Gasteiger partial charge in [-0.05, 0) is 12.8 Å². The Morgan fingerprint density at radius 1 is 1.36 bits per heavy atom. The molecule has 0 aromatic carbocycles. The highest BCUT2D eigenvalue weighted by atomic mass is 31.2. The lowest BCUT2D eigenvalue weighted by molar-refractivity contribution is -0.312. The third-order valence-corrected chi connectivity index (χ3v) is 2.38. The van der Waals surface area contributed by atoms with Gasteiger partial charge >= 0.3 is 0 Å². The fourth-order valence-electron chi connectivity index (χ4n) is 0.854. The third kappa shape index (κ3) is 6.59. The summed E-state index contributed by atoms with van der Waals surface area (Å²) in [7, 11) is -4.72. The monoisotopic (exact) mass is 223 g/mol. The van der Waals surface area contributed by atoms with Crippen LogP contribution >= 0.6 is 7.60 Å². The maximum Gasteiger partial charge on any atom is 0.133 e. The molecule has 0 radical (unpaired) electrons. The van der Waals surface area contributed by atoms with Crippen LogP contribution < -0.4 is 15.1 Å². The standard InChI is InChI=1S/C6H11O7P/c7-5(8)2-1-4(6(9)10)3-14(11,12)13/h4H,1-3H2,(H,7,8)(H,9,10)(H2,11,12,13)/p-3/t4-/m0/s1. The van der Waals surface area contributed by atoms with Crippen molar-refractivity contribution in [2.45, 2.75) is 12.8 Å². The third-order valence-electron chi connectivity index (χ3n) is 1.48. The highest BCUT2D eigenvalue weighted by Gasteiger charge is 2.15. The van der Waals surface area contributed by atoms with E-state index in [0.29, 0.717) is 0 Å². The fourth-order valence-corrected chi connectivity index (χ4v) is 1.74. The molecule has 0 heterocycles. The molecule has 1 N–H and O–H groups in total. The van der Waals surface area contributed by atoms with E-state index in [1.165, 1.54) is 0 Å². The number of carboxylic acid groups (broad SMARTS) is 2. The maximum absolute atomic E-state index is 10.3. The first-order chi connectivity index (χ1) is 6.22. The molecule has 0 amide bonds. The number of carbonyl (C=O) groups is 2. The molecule has 82 valence electrons. The highest BCUT2D eigenvalue weighted by molar-refractivity contribution is 7.50. The lowest BCUT2D eigenvalue weighted by Gasteiger charge is -2.24. The Kier molecular flexibility index (Phi) is 4.76. The van der Waals surface area contributed by atoms with Crippen molar-refractivity contribution in [3.05, 3.63) is 0 Å². The molecule has 0 bridgehead atoms. The minimum Gasteiger partial charge on any atom is -0.779 e. The van der Waals surface area contributed by atoms with E-state index < -0.39 is 44.5 Å². The zero-order valence-corrected chi connectivity index (χ0v) is 7.94. The Morgan fingerprint density at radius 2 is 1.86 bits per heavy atom. The summed E-state index contributed by atoms with van der Waals surface area (Å²) in [6.45, 7) is 0. The minimum absolute atomic E-state index is 0.447. The van der Waals surface area contributed by atoms with Gasteiger partial charge in [0.1, 0.15) is 7.60 Å². The summed E-state index contributed by atoms with van der Waals surface area (Å²) < 4.78 is 10.3. The lowest BCUT2D eigenvalue weighted by Crippen LogP contribution is -2.35. The highest BCUT2D eigenvalue weighted by Crippen LogP contribution is 2.33. The molecule has 14 heavy (non-hydrogen) atoms. The van der Waals surface area contributed by atoms with Crippen LogP contribution in [-0.2, 0) is 14.2 Å². The van der Waals surface area contributed by atoms with Crippen molar-refractivity contribution < 1.29 is 34.2 Å². The van der Waals surface area contributed by atoms with Crippen LogP contribution in [0.25, 0.3) is 0 Å². The second-order valence-corrected chi connectivity index (χ2v) is 4.39. The van der Waals surface area contributed by atoms with E-state index in [0.717, 1.165) is 0 Å². The van der Waals surface area contributed by atoms with Crippen molar-refractivity contribution >= 4 is 19.5 Å². The second kappa shape index (κ2) is 5.09. The Labute approximate surface area is 79.5 Å². The summed E-state index contributed by atoms with van der Waals surface area (Å²) >= 11 is 0. The number of hydrogen-bond donors (Lipinski definition) is 1. The molecule has 0 saturated heterocycles. The number of aliphatic carboxylic acids is 2. The van der Waals surface area contributed by atoms with Gasteiger partial charge in [-0.1, -0.05) is 0 Å². The van der Waals surface area contributed by atoms with Gasteiger partial charge in [0.2, 0.25) is 0 Å². The van der Waals surface area contributed by atoms with E-state index in [1.54, 1.807) is 0 Å². The van der Waals surface area contributed by atoms with Gasteiger partial charge in [0, 0.05) is 24.0 Å². The van der Waals surface area contributed by atoms with E-state index in [9.17, 15) is 29.3 Å². The van der Waals surface area contributed by atoms with Gasteiger partial charge in [-0.3, -0.25) is 0 Å². The molecule has 7 nitrogen and oxygen atoms in total. The van der Waals surface area contributed by atoms with Gasteiger partial charge in [-0.25, -0.2) is 0 Å². The Morgan fingerprint density at radius 3 is 2.14 bits per heavy atom. The molecule has 0 spiro atoms. The van der Waals surface area contributed by atoms with Crippen molar-refractivity contribution in [3.63, 3.8) is 0 Å². The van der Waals surface area contributed by atoms with E-state index in [2.05, 4.69) is 0 Å². The zero-order chi connectivity index (χ0) is 11.4. The summed E-state index contributed by atoms with van der Waals surface area (Å²) in [5, 5.41) is 20.3. The van der Waals surface area contributed by atoms with Crippen LogP contribution in [0.3, 0.4) is 0 Å². The predicted molar refractivity (Wildman–Crippen MR) is 37.4 cm³/mol. The van der Waals surface area contributed by atoms with Crippen LogP contribution in [0, 0.1) is 5.92 Å². The van der Waals surface area contributed by atoms with Crippen LogP contribution in [0.5, 0.6) is 0 Å². The molecule has 8 heteroatoms. The normalized spacial score (nSPS) is 17.0. The van der Waals surface area contributed by atoms with Crippen LogP contribution in [0.4, 0.5) is 0 Å². The Balaban J connectivity index is 4.24. The van der Waals surface area contributed by atoms with Gasteiger partial charge in [-0.15, -0.1) is 0 Å². The van der Waals surface area contributed by atoms with Gasteiger partial charge in [-0.2, -0.15) is 0 Å². The second-order valence-electron chi connectivity index (χ2n) is 2.75. The van der Waals surface area contributed by atoms with Crippen LogP contribution in [-0.4, -0.2) is 23.0 Å². The largest absolute Gasteiger partial charge is 0.779 e. The molecule has 0 aromatic heterocycles. The first-order valence-electron chi connectivity index (χ1n) is 3.66. The molecule has 0 aliphatic rings. The molecule has 0 saturated carbocycles. The van der Waals surface area contributed by atoms with Crippen LogP contribution in [0.2, 0.25) is 0 Å². The van der Waals surface area contributed by atoms with Gasteiger partial charge < -0.3 is 34.2 Å². The van der Waals surface area contributed by atoms with Gasteiger partial charge in [0.05, 0.1) is 0 Å². The molecule has 0 aromatic rings. The number of hydrogen-bond acceptors (Lipinski definition) is 6. The minimum atomic E-state index is -4.72. The molecule has 0 aliphatic carbocycles. The quantitative estimate of drug-likeness (QED) is 0.459. The first-order valence-corrected chi connectivity index (χ1v) is 5.42. The first kappa shape index (κ1) is 13.1. The van der Waals surface area contributed by atoms with E-state index >= 15 is 0 Å². The van der Waals surface area contributed by atoms with Crippen molar-refractivity contribution in [1.29, 1.82) is 0 Å². The van der Waals surface area contributed by atoms with Crippen LogP contribution in [0.1, 0.15) is 12.8 Å². The summed E-state index contributed by atoms with van der Waals surface area (Å²) in [4.78, 5) is 38.9. The predicted octanol–water partition coefficient (Wildman–Crippen LogP) is -3.57. The summed E-state index contributed by atoms with van der Waals surface area (Å²) in [5.74, 6) is -4.73. The van der Waals surface area contributed by atoms with E-state index in [4.69, 9.17) is 4.89 Å². The van der Waals surface area contributed by atoms with E-state index in [-0.39, 0.29) is 0 Å². The molecule has 2 atom stereocenters. The summed E-state index contributed by atoms with van der Waals surface area (Å²) in [5.41, 5.74) is 0. The molecule has 1 unspecified atom stereocenters. The molecule has 0 fully saturated rings. The summed E-state index contributed by atoms with van der Waals surface area (Å²) in [6.07, 6.45) is -2.07. The SMILES string of the molecule is O=C([O-])CC[C@@H](CP(=O)([O-])O)C(=O)[O-]. The van der Waals surface area contributed by atoms with E-state index in [1.807, 2.05) is 0 Å². The Bertz CT molecular complexity index is 267. The van der Waals surface area contributed by atoms with Gasteiger partial charge in [0.25, 0.3) is 0 Å². The molecule has 0 aliphatic heterocycles. The molecule has 0 rings (SSSR count). The number of carboxylic acids is 2.